The second-order valence-corrected chi connectivity index (χ2v) is 10.6. The van der Waals surface area contributed by atoms with E-state index in [2.05, 4.69) is 20.0 Å². The highest BCUT2D eigenvalue weighted by molar-refractivity contribution is 7.93. The molecule has 5 aromatic rings. The van der Waals surface area contributed by atoms with Crippen LogP contribution in [0.3, 0.4) is 0 Å². The van der Waals surface area contributed by atoms with Gasteiger partial charge in [-0.3, -0.25) is 9.29 Å². The van der Waals surface area contributed by atoms with Gasteiger partial charge in [-0.2, -0.15) is 5.10 Å². The standard InChI is InChI=1S/C25H26N6O6S/c1-15-11-12-21(37-15)24-26-27-25(31(24)22-19(35-3)9-7-10-20(22)36-4)29-38(33,34)16(2)23(32)18-14-17-8-5-6-13-30(17)28-18/h5-14,16,23,32H,1-4H3,(H,27,29)/t16-,23-/m1/s1. The molecular weight excluding hydrogens is 512 g/mol. The number of aliphatic hydroxyl groups is 1. The van der Waals surface area contributed by atoms with E-state index in [-0.39, 0.29) is 17.5 Å². The highest BCUT2D eigenvalue weighted by Crippen LogP contribution is 2.38. The minimum atomic E-state index is -4.22. The summed E-state index contributed by atoms with van der Waals surface area (Å²) < 4.78 is 49.3. The first-order valence-electron chi connectivity index (χ1n) is 11.6. The van der Waals surface area contributed by atoms with Gasteiger partial charge in [0.2, 0.25) is 21.8 Å². The number of hydrogen-bond acceptors (Lipinski definition) is 9. The Hall–Kier alpha value is -4.36. The Labute approximate surface area is 218 Å². The third-order valence-electron chi connectivity index (χ3n) is 6.11. The van der Waals surface area contributed by atoms with Gasteiger partial charge in [-0.1, -0.05) is 12.1 Å². The van der Waals surface area contributed by atoms with E-state index in [1.807, 2.05) is 12.1 Å². The molecule has 0 bridgehead atoms. The van der Waals surface area contributed by atoms with Crippen molar-refractivity contribution in [3.05, 3.63) is 72.2 Å². The monoisotopic (exact) mass is 538 g/mol. The topological polar surface area (TPSA) is 146 Å². The van der Waals surface area contributed by atoms with Crippen LogP contribution < -0.4 is 14.2 Å². The summed E-state index contributed by atoms with van der Waals surface area (Å²) in [6.07, 6.45) is 0.293. The molecule has 198 valence electrons. The van der Waals surface area contributed by atoms with Crippen molar-refractivity contribution in [2.45, 2.75) is 25.2 Å². The second kappa shape index (κ2) is 9.84. The molecule has 0 aliphatic carbocycles. The SMILES string of the molecule is COc1cccc(OC)c1-n1c(NS(=O)(=O)[C@H](C)[C@@H](O)c2cc3ccccn3n2)nnc1-c1ccc(C)o1. The maximum Gasteiger partial charge on any atom is 0.243 e. The third kappa shape index (κ3) is 4.46. The third-order valence-corrected chi connectivity index (χ3v) is 7.81. The van der Waals surface area contributed by atoms with Crippen LogP contribution in [0.2, 0.25) is 0 Å². The Morgan fingerprint density at radius 3 is 2.39 bits per heavy atom. The summed E-state index contributed by atoms with van der Waals surface area (Å²) in [7, 11) is -1.25. The first-order chi connectivity index (χ1) is 18.2. The maximum atomic E-state index is 13.5. The van der Waals surface area contributed by atoms with E-state index < -0.39 is 21.4 Å². The molecule has 4 aromatic heterocycles. The zero-order valence-corrected chi connectivity index (χ0v) is 21.9. The highest BCUT2D eigenvalue weighted by Gasteiger charge is 2.34. The molecule has 0 radical (unpaired) electrons. The van der Waals surface area contributed by atoms with Crippen LogP contribution in [0.25, 0.3) is 22.8 Å². The number of nitrogens with one attached hydrogen (secondary N) is 1. The van der Waals surface area contributed by atoms with Crippen LogP contribution in [0.1, 0.15) is 24.5 Å². The number of pyridine rings is 1. The number of benzene rings is 1. The summed E-state index contributed by atoms with van der Waals surface area (Å²) in [6, 6.07) is 15.6. The lowest BCUT2D eigenvalue weighted by Crippen LogP contribution is -2.32. The second-order valence-electron chi connectivity index (χ2n) is 8.54. The van der Waals surface area contributed by atoms with Gasteiger partial charge in [0.15, 0.2) is 5.76 Å². The average molecular weight is 539 g/mol. The molecule has 0 spiro atoms. The van der Waals surface area contributed by atoms with Crippen molar-refractivity contribution in [3.8, 4) is 28.8 Å². The first-order valence-corrected chi connectivity index (χ1v) is 13.2. The molecule has 12 nitrogen and oxygen atoms in total. The summed E-state index contributed by atoms with van der Waals surface area (Å²) in [5.41, 5.74) is 1.30. The summed E-state index contributed by atoms with van der Waals surface area (Å²) in [5, 5.41) is 22.3. The average Bonchev–Trinajstić information content (AvgIpc) is 3.65. The molecule has 0 saturated carbocycles. The Kier molecular flexibility index (Phi) is 6.55. The largest absolute Gasteiger partial charge is 0.494 e. The Balaban J connectivity index is 1.58. The summed E-state index contributed by atoms with van der Waals surface area (Å²) in [6.45, 7) is 3.16. The van der Waals surface area contributed by atoms with Gasteiger partial charge in [-0.05, 0) is 56.3 Å². The summed E-state index contributed by atoms with van der Waals surface area (Å²) >= 11 is 0. The fraction of sp³-hybridized carbons (Fsp3) is 0.240. The molecule has 0 aliphatic heterocycles. The van der Waals surface area contributed by atoms with Crippen molar-refractivity contribution < 1.29 is 27.4 Å². The number of ether oxygens (including phenoxy) is 2. The quantitative estimate of drug-likeness (QED) is 0.288. The fourth-order valence-corrected chi connectivity index (χ4v) is 5.11. The molecule has 0 saturated heterocycles. The van der Waals surface area contributed by atoms with Crippen LogP contribution in [-0.4, -0.2) is 57.4 Å². The van der Waals surface area contributed by atoms with Crippen LogP contribution in [0.15, 0.2) is 65.2 Å². The Morgan fingerprint density at radius 2 is 1.76 bits per heavy atom. The van der Waals surface area contributed by atoms with E-state index in [1.54, 1.807) is 60.1 Å². The van der Waals surface area contributed by atoms with Crippen molar-refractivity contribution in [1.29, 1.82) is 0 Å². The molecular formula is C25H26N6O6S. The molecule has 0 unspecified atom stereocenters. The number of aliphatic hydroxyl groups excluding tert-OH is 1. The number of hydrogen-bond donors (Lipinski definition) is 2. The van der Waals surface area contributed by atoms with Crippen LogP contribution in [-0.2, 0) is 10.0 Å². The lowest BCUT2D eigenvalue weighted by molar-refractivity contribution is 0.171. The molecule has 4 heterocycles. The smallest absolute Gasteiger partial charge is 0.243 e. The Bertz CT molecular complexity index is 1650. The van der Waals surface area contributed by atoms with E-state index in [9.17, 15) is 13.5 Å². The molecule has 2 N–H and O–H groups in total. The maximum absolute atomic E-state index is 13.5. The number of fused-ring (bicyclic) bond motifs is 1. The van der Waals surface area contributed by atoms with Crippen LogP contribution in [0.4, 0.5) is 5.95 Å². The van der Waals surface area contributed by atoms with Crippen molar-refractivity contribution >= 4 is 21.5 Å². The van der Waals surface area contributed by atoms with Crippen molar-refractivity contribution in [2.24, 2.45) is 0 Å². The van der Waals surface area contributed by atoms with Gasteiger partial charge >= 0.3 is 0 Å². The zero-order valence-electron chi connectivity index (χ0n) is 21.1. The minimum Gasteiger partial charge on any atom is -0.494 e. The van der Waals surface area contributed by atoms with Gasteiger partial charge < -0.3 is 19.0 Å². The lowest BCUT2D eigenvalue weighted by Gasteiger charge is -2.20. The van der Waals surface area contributed by atoms with E-state index in [1.165, 1.54) is 25.7 Å². The molecule has 38 heavy (non-hydrogen) atoms. The number of methoxy groups -OCH3 is 2. The van der Waals surface area contributed by atoms with E-state index in [4.69, 9.17) is 13.9 Å². The first kappa shape index (κ1) is 25.3. The number of aromatic nitrogens is 5. The Morgan fingerprint density at radius 1 is 1.03 bits per heavy atom. The number of sulfonamides is 1. The number of nitrogens with zero attached hydrogens (tertiary/aromatic N) is 5. The molecule has 13 heteroatoms. The number of anilines is 1. The minimum absolute atomic E-state index is 0.147. The number of rotatable bonds is 9. The van der Waals surface area contributed by atoms with Crippen LogP contribution >= 0.6 is 0 Å². The van der Waals surface area contributed by atoms with Gasteiger partial charge in [-0.25, -0.2) is 12.9 Å². The summed E-state index contributed by atoms with van der Waals surface area (Å²) in [5.74, 6) is 1.82. The molecule has 0 aliphatic rings. The predicted molar refractivity (Wildman–Crippen MR) is 139 cm³/mol. The normalized spacial score (nSPS) is 13.4. The fourth-order valence-electron chi connectivity index (χ4n) is 4.06. The van der Waals surface area contributed by atoms with E-state index in [0.29, 0.717) is 28.7 Å². The highest BCUT2D eigenvalue weighted by atomic mass is 32.2. The lowest BCUT2D eigenvalue weighted by atomic mass is 10.2. The van der Waals surface area contributed by atoms with Crippen molar-refractivity contribution in [2.75, 3.05) is 18.9 Å². The molecule has 0 fully saturated rings. The number of furan rings is 1. The molecule has 5 rings (SSSR count). The van der Waals surface area contributed by atoms with E-state index >= 15 is 0 Å². The van der Waals surface area contributed by atoms with Gasteiger partial charge in [0.05, 0.1) is 25.4 Å². The van der Waals surface area contributed by atoms with Crippen molar-refractivity contribution in [3.63, 3.8) is 0 Å². The van der Waals surface area contributed by atoms with Crippen LogP contribution in [0, 0.1) is 6.92 Å². The number of aryl methyl sites for hydroxylation is 1. The van der Waals surface area contributed by atoms with Gasteiger partial charge in [0.25, 0.3) is 0 Å². The van der Waals surface area contributed by atoms with Crippen LogP contribution in [0.5, 0.6) is 11.5 Å². The van der Waals surface area contributed by atoms with Gasteiger partial charge in [0, 0.05) is 6.20 Å². The molecule has 1 aromatic carbocycles. The van der Waals surface area contributed by atoms with Crippen molar-refractivity contribution in [1.82, 2.24) is 24.4 Å². The van der Waals surface area contributed by atoms with E-state index in [0.717, 1.165) is 5.52 Å². The van der Waals surface area contributed by atoms with Gasteiger partial charge in [-0.15, -0.1) is 10.2 Å². The molecule has 0 amide bonds. The van der Waals surface area contributed by atoms with Gasteiger partial charge in [0.1, 0.15) is 34.3 Å². The summed E-state index contributed by atoms with van der Waals surface area (Å²) in [4.78, 5) is 0. The molecule has 2 atom stereocenters. The predicted octanol–water partition coefficient (Wildman–Crippen LogP) is 3.36. The number of para-hydroxylation sites is 1. The zero-order chi connectivity index (χ0) is 27.0.